The van der Waals surface area contributed by atoms with E-state index in [1.54, 1.807) is 32.6 Å². The number of ether oxygens (including phenoxy) is 2. The summed E-state index contributed by atoms with van der Waals surface area (Å²) in [5, 5.41) is 3.93. The molecule has 0 heterocycles. The molecule has 5 heteroatoms. The molecule has 0 aliphatic rings. The van der Waals surface area contributed by atoms with Crippen LogP contribution in [-0.4, -0.2) is 26.3 Å². The summed E-state index contributed by atoms with van der Waals surface area (Å²) >= 11 is 0. The van der Waals surface area contributed by atoms with E-state index in [1.165, 1.54) is 0 Å². The molecule has 0 aromatic heterocycles. The van der Waals surface area contributed by atoms with Gasteiger partial charge < -0.3 is 9.47 Å². The zero-order valence-electron chi connectivity index (χ0n) is 12.6. The molecule has 5 nitrogen and oxygen atoms in total. The Labute approximate surface area is 129 Å². The molecule has 0 saturated heterocycles. The molecule has 0 radical (unpaired) electrons. The zero-order chi connectivity index (χ0) is 15.8. The fourth-order valence-corrected chi connectivity index (χ4v) is 1.93. The molecule has 0 fully saturated rings. The lowest BCUT2D eigenvalue weighted by Crippen LogP contribution is -2.19. The second-order valence-corrected chi connectivity index (χ2v) is 4.57. The minimum Gasteiger partial charge on any atom is -0.493 e. The number of carbonyl (C=O) groups excluding carboxylic acids is 1. The Morgan fingerprint density at radius 2 is 1.82 bits per heavy atom. The predicted octanol–water partition coefficient (Wildman–Crippen LogP) is 2.40. The molecule has 22 heavy (non-hydrogen) atoms. The Morgan fingerprint density at radius 3 is 2.50 bits per heavy atom. The number of methoxy groups -OCH3 is 2. The molecular weight excluding hydrogens is 280 g/mol. The van der Waals surface area contributed by atoms with Crippen molar-refractivity contribution in [3.63, 3.8) is 0 Å². The molecule has 1 N–H and O–H groups in total. The molecule has 0 aliphatic carbocycles. The van der Waals surface area contributed by atoms with E-state index in [-0.39, 0.29) is 12.3 Å². The van der Waals surface area contributed by atoms with Crippen molar-refractivity contribution in [3.8, 4) is 11.5 Å². The van der Waals surface area contributed by atoms with Crippen molar-refractivity contribution in [1.29, 1.82) is 0 Å². The highest BCUT2D eigenvalue weighted by Gasteiger charge is 2.07. The van der Waals surface area contributed by atoms with Gasteiger partial charge in [-0.1, -0.05) is 36.4 Å². The molecule has 114 valence electrons. The van der Waals surface area contributed by atoms with Crippen molar-refractivity contribution < 1.29 is 14.3 Å². The number of benzene rings is 2. The maximum absolute atomic E-state index is 11.9. The van der Waals surface area contributed by atoms with Crippen LogP contribution in [0.4, 0.5) is 0 Å². The van der Waals surface area contributed by atoms with E-state index in [2.05, 4.69) is 10.5 Å². The van der Waals surface area contributed by atoms with Crippen molar-refractivity contribution in [1.82, 2.24) is 5.43 Å². The standard InChI is InChI=1S/C17H18N2O3/c1-21-15-9-8-14(10-16(15)22-2)11-17(20)19-18-12-13-6-4-3-5-7-13/h3-10,12H,11H2,1-2H3,(H,19,20)/b18-12+. The predicted molar refractivity (Wildman–Crippen MR) is 85.4 cm³/mol. The van der Waals surface area contributed by atoms with Gasteiger partial charge in [0, 0.05) is 0 Å². The first-order valence-corrected chi connectivity index (χ1v) is 6.81. The molecule has 2 rings (SSSR count). The van der Waals surface area contributed by atoms with Crippen molar-refractivity contribution in [2.24, 2.45) is 5.10 Å². The van der Waals surface area contributed by atoms with Crippen LogP contribution in [0.3, 0.4) is 0 Å². The maximum Gasteiger partial charge on any atom is 0.244 e. The van der Waals surface area contributed by atoms with Gasteiger partial charge in [0.1, 0.15) is 0 Å². The summed E-state index contributed by atoms with van der Waals surface area (Å²) in [6.07, 6.45) is 1.82. The normalized spacial score (nSPS) is 10.5. The van der Waals surface area contributed by atoms with E-state index in [0.29, 0.717) is 11.5 Å². The third-order valence-electron chi connectivity index (χ3n) is 3.02. The lowest BCUT2D eigenvalue weighted by Gasteiger charge is -2.09. The van der Waals surface area contributed by atoms with E-state index in [0.717, 1.165) is 11.1 Å². The largest absolute Gasteiger partial charge is 0.493 e. The zero-order valence-corrected chi connectivity index (χ0v) is 12.6. The number of hydrogen-bond acceptors (Lipinski definition) is 4. The molecule has 0 aliphatic heterocycles. The quantitative estimate of drug-likeness (QED) is 0.658. The summed E-state index contributed by atoms with van der Waals surface area (Å²) < 4.78 is 10.4. The summed E-state index contributed by atoms with van der Waals surface area (Å²) in [6.45, 7) is 0. The minimum absolute atomic E-state index is 0.195. The molecule has 0 spiro atoms. The van der Waals surface area contributed by atoms with E-state index < -0.39 is 0 Å². The number of hydrogen-bond donors (Lipinski definition) is 1. The van der Waals surface area contributed by atoms with Gasteiger partial charge in [0.2, 0.25) is 5.91 Å². The van der Waals surface area contributed by atoms with E-state index >= 15 is 0 Å². The van der Waals surface area contributed by atoms with Gasteiger partial charge in [-0.2, -0.15) is 5.10 Å². The van der Waals surface area contributed by atoms with Gasteiger partial charge in [-0.05, 0) is 23.3 Å². The van der Waals surface area contributed by atoms with Crippen molar-refractivity contribution in [3.05, 3.63) is 59.7 Å². The summed E-state index contributed by atoms with van der Waals surface area (Å²) in [5.74, 6) is 1.04. The van der Waals surface area contributed by atoms with Crippen molar-refractivity contribution in [2.75, 3.05) is 14.2 Å². The van der Waals surface area contributed by atoms with Gasteiger partial charge in [0.25, 0.3) is 0 Å². The third kappa shape index (κ3) is 4.34. The third-order valence-corrected chi connectivity index (χ3v) is 3.02. The summed E-state index contributed by atoms with van der Waals surface area (Å²) in [5.41, 5.74) is 4.25. The smallest absolute Gasteiger partial charge is 0.244 e. The lowest BCUT2D eigenvalue weighted by molar-refractivity contribution is -0.120. The van der Waals surface area contributed by atoms with Crippen molar-refractivity contribution >= 4 is 12.1 Å². The molecule has 2 aromatic carbocycles. The number of nitrogens with one attached hydrogen (secondary N) is 1. The number of carbonyl (C=O) groups is 1. The van der Waals surface area contributed by atoms with Crippen LogP contribution in [-0.2, 0) is 11.2 Å². The molecule has 0 atom stereocenters. The number of rotatable bonds is 6. The number of amides is 1. The maximum atomic E-state index is 11.9. The summed E-state index contributed by atoms with van der Waals surface area (Å²) in [7, 11) is 3.13. The molecule has 0 saturated carbocycles. The van der Waals surface area contributed by atoms with Gasteiger partial charge in [-0.15, -0.1) is 0 Å². The van der Waals surface area contributed by atoms with Crippen molar-refractivity contribution in [2.45, 2.75) is 6.42 Å². The molecule has 0 unspecified atom stereocenters. The number of hydrazone groups is 1. The fraction of sp³-hybridized carbons (Fsp3) is 0.176. The first-order valence-electron chi connectivity index (χ1n) is 6.81. The fourth-order valence-electron chi connectivity index (χ4n) is 1.93. The van der Waals surface area contributed by atoms with E-state index in [1.807, 2.05) is 36.4 Å². The highest BCUT2D eigenvalue weighted by atomic mass is 16.5. The van der Waals surface area contributed by atoms with Crippen LogP contribution in [0.2, 0.25) is 0 Å². The summed E-state index contributed by atoms with van der Waals surface area (Å²) in [4.78, 5) is 11.9. The van der Waals surface area contributed by atoms with Crippen LogP contribution in [0, 0.1) is 0 Å². The van der Waals surface area contributed by atoms with Crippen LogP contribution >= 0.6 is 0 Å². The van der Waals surface area contributed by atoms with Gasteiger partial charge in [-0.3, -0.25) is 4.79 Å². The minimum atomic E-state index is -0.195. The van der Waals surface area contributed by atoms with Gasteiger partial charge in [0.15, 0.2) is 11.5 Å². The monoisotopic (exact) mass is 298 g/mol. The first kappa shape index (κ1) is 15.6. The molecule has 1 amide bonds. The van der Waals surface area contributed by atoms with Crippen LogP contribution < -0.4 is 14.9 Å². The van der Waals surface area contributed by atoms with Gasteiger partial charge >= 0.3 is 0 Å². The Hall–Kier alpha value is -2.82. The average molecular weight is 298 g/mol. The summed E-state index contributed by atoms with van der Waals surface area (Å²) in [6, 6.07) is 14.9. The Morgan fingerprint density at radius 1 is 1.09 bits per heavy atom. The number of nitrogens with zero attached hydrogens (tertiary/aromatic N) is 1. The first-order chi connectivity index (χ1) is 10.7. The van der Waals surface area contributed by atoms with Gasteiger partial charge in [0.05, 0.1) is 26.9 Å². The molecular formula is C17H18N2O3. The topological polar surface area (TPSA) is 59.9 Å². The Balaban J connectivity index is 1.93. The Kier molecular flexibility index (Phi) is 5.54. The van der Waals surface area contributed by atoms with Crippen LogP contribution in [0.1, 0.15) is 11.1 Å². The highest BCUT2D eigenvalue weighted by molar-refractivity contribution is 5.83. The highest BCUT2D eigenvalue weighted by Crippen LogP contribution is 2.27. The van der Waals surface area contributed by atoms with Gasteiger partial charge in [-0.25, -0.2) is 5.43 Å². The Bertz CT molecular complexity index is 654. The average Bonchev–Trinajstić information content (AvgIpc) is 2.55. The van der Waals surface area contributed by atoms with Crippen LogP contribution in [0.15, 0.2) is 53.6 Å². The molecule has 2 aromatic rings. The van der Waals surface area contributed by atoms with E-state index in [4.69, 9.17) is 9.47 Å². The molecule has 0 bridgehead atoms. The second kappa shape index (κ2) is 7.83. The second-order valence-electron chi connectivity index (χ2n) is 4.57. The lowest BCUT2D eigenvalue weighted by atomic mass is 10.1. The van der Waals surface area contributed by atoms with Crippen LogP contribution in [0.25, 0.3) is 0 Å². The van der Waals surface area contributed by atoms with Crippen LogP contribution in [0.5, 0.6) is 11.5 Å². The van der Waals surface area contributed by atoms with E-state index in [9.17, 15) is 4.79 Å². The SMILES string of the molecule is COc1ccc(CC(=O)N/N=C/c2ccccc2)cc1OC.